The van der Waals surface area contributed by atoms with Crippen LogP contribution in [0.5, 0.6) is 0 Å². The van der Waals surface area contributed by atoms with E-state index in [1.165, 1.54) is 28.4 Å². The number of carbonyl (C=O) groups excluding carboxylic acids is 1. The Bertz CT molecular complexity index is 1360. The highest BCUT2D eigenvalue weighted by atomic mass is 32.2. The van der Waals surface area contributed by atoms with E-state index in [0.717, 1.165) is 33.5 Å². The van der Waals surface area contributed by atoms with Gasteiger partial charge in [-0.15, -0.1) is 0 Å². The van der Waals surface area contributed by atoms with E-state index in [4.69, 9.17) is 4.98 Å². The third-order valence-electron chi connectivity index (χ3n) is 5.27. The summed E-state index contributed by atoms with van der Waals surface area (Å²) in [6.07, 6.45) is 1.41. The number of hydrogen-bond donors (Lipinski definition) is 0. The number of pyridine rings is 1. The third-order valence-corrected chi connectivity index (χ3v) is 8.21. The standard InChI is InChI=1S/C24H22FN3O3S2/c1-16-6-7-17(2)23-22(16)27-24(32-23)28(15-19-5-3-4-13-26-19)21(29)12-14-33(30,31)20-10-8-18(25)9-11-20/h3-11,13H,12,14-15H2,1-2H3. The molecular weight excluding hydrogens is 461 g/mol. The SMILES string of the molecule is Cc1ccc(C)c2sc(N(Cc3ccccn3)C(=O)CCS(=O)(=O)c3ccc(F)cc3)nc12. The van der Waals surface area contributed by atoms with Gasteiger partial charge in [0.15, 0.2) is 15.0 Å². The lowest BCUT2D eigenvalue weighted by Gasteiger charge is -2.19. The van der Waals surface area contributed by atoms with Gasteiger partial charge >= 0.3 is 0 Å². The van der Waals surface area contributed by atoms with Gasteiger partial charge < -0.3 is 0 Å². The fourth-order valence-electron chi connectivity index (χ4n) is 3.40. The number of aromatic nitrogens is 2. The number of rotatable bonds is 7. The van der Waals surface area contributed by atoms with Crippen molar-refractivity contribution in [2.45, 2.75) is 31.7 Å². The molecule has 0 atom stereocenters. The lowest BCUT2D eigenvalue weighted by molar-refractivity contribution is -0.118. The van der Waals surface area contributed by atoms with Gasteiger partial charge in [-0.05, 0) is 61.4 Å². The zero-order valence-electron chi connectivity index (χ0n) is 18.2. The summed E-state index contributed by atoms with van der Waals surface area (Å²) < 4.78 is 39.5. The van der Waals surface area contributed by atoms with Crippen LogP contribution in [0.25, 0.3) is 10.2 Å². The van der Waals surface area contributed by atoms with Crippen LogP contribution in [0.4, 0.5) is 9.52 Å². The van der Waals surface area contributed by atoms with E-state index in [0.29, 0.717) is 10.8 Å². The second-order valence-corrected chi connectivity index (χ2v) is 10.8. The molecule has 0 aliphatic heterocycles. The summed E-state index contributed by atoms with van der Waals surface area (Å²) in [4.78, 5) is 23.8. The van der Waals surface area contributed by atoms with E-state index in [-0.39, 0.29) is 29.5 Å². The Hall–Kier alpha value is -3.17. The minimum atomic E-state index is -3.75. The van der Waals surface area contributed by atoms with Crippen LogP contribution in [0.2, 0.25) is 0 Å². The van der Waals surface area contributed by atoms with Crippen LogP contribution in [-0.2, 0) is 21.2 Å². The maximum atomic E-state index is 13.3. The molecule has 0 unspecified atom stereocenters. The Morgan fingerprint density at radius 2 is 1.76 bits per heavy atom. The highest BCUT2D eigenvalue weighted by molar-refractivity contribution is 7.91. The number of nitrogens with zero attached hydrogens (tertiary/aromatic N) is 3. The predicted octanol–water partition coefficient (Wildman–Crippen LogP) is 4.84. The maximum Gasteiger partial charge on any atom is 0.230 e. The summed E-state index contributed by atoms with van der Waals surface area (Å²) >= 11 is 1.40. The fourth-order valence-corrected chi connectivity index (χ4v) is 5.75. The number of sulfone groups is 1. The molecule has 2 heterocycles. The fraction of sp³-hybridized carbons (Fsp3) is 0.208. The molecule has 1 amide bonds. The molecule has 2 aromatic heterocycles. The first-order valence-electron chi connectivity index (χ1n) is 10.3. The van der Waals surface area contributed by atoms with Crippen LogP contribution in [0.3, 0.4) is 0 Å². The van der Waals surface area contributed by atoms with Gasteiger partial charge in [-0.1, -0.05) is 29.5 Å². The van der Waals surface area contributed by atoms with Crippen molar-refractivity contribution in [2.75, 3.05) is 10.7 Å². The molecule has 0 N–H and O–H groups in total. The number of halogens is 1. The van der Waals surface area contributed by atoms with Crippen LogP contribution in [0, 0.1) is 19.7 Å². The molecule has 0 spiro atoms. The average molecular weight is 484 g/mol. The molecule has 0 fully saturated rings. The van der Waals surface area contributed by atoms with Crippen LogP contribution in [-0.4, -0.2) is 30.0 Å². The van der Waals surface area contributed by atoms with Crippen molar-refractivity contribution in [1.29, 1.82) is 0 Å². The largest absolute Gasteiger partial charge is 0.282 e. The van der Waals surface area contributed by atoms with Crippen molar-refractivity contribution >= 4 is 42.4 Å². The van der Waals surface area contributed by atoms with Crippen molar-refractivity contribution in [3.05, 3.63) is 83.4 Å². The zero-order chi connectivity index (χ0) is 23.6. The van der Waals surface area contributed by atoms with Crippen molar-refractivity contribution < 1.29 is 17.6 Å². The third kappa shape index (κ3) is 5.09. The Kier molecular flexibility index (Phi) is 6.53. The van der Waals surface area contributed by atoms with E-state index >= 15 is 0 Å². The smallest absolute Gasteiger partial charge is 0.230 e. The number of anilines is 1. The number of aryl methyl sites for hydroxylation is 2. The van der Waals surface area contributed by atoms with Gasteiger partial charge in [-0.25, -0.2) is 17.8 Å². The summed E-state index contributed by atoms with van der Waals surface area (Å²) in [5.41, 5.74) is 3.55. The number of hydrogen-bond acceptors (Lipinski definition) is 6. The molecule has 0 radical (unpaired) electrons. The number of carbonyl (C=O) groups is 1. The quantitative estimate of drug-likeness (QED) is 0.351. The van der Waals surface area contributed by atoms with Gasteiger partial charge in [-0.3, -0.25) is 14.7 Å². The first kappa shape index (κ1) is 23.0. The molecule has 0 saturated carbocycles. The molecular formula is C24H22FN3O3S2. The predicted molar refractivity (Wildman–Crippen MR) is 128 cm³/mol. The summed E-state index contributed by atoms with van der Waals surface area (Å²) in [7, 11) is -3.75. The molecule has 0 saturated heterocycles. The minimum Gasteiger partial charge on any atom is -0.282 e. The van der Waals surface area contributed by atoms with Crippen molar-refractivity contribution in [3.8, 4) is 0 Å². The molecule has 4 aromatic rings. The first-order valence-corrected chi connectivity index (χ1v) is 12.8. The normalized spacial score (nSPS) is 11.6. The van der Waals surface area contributed by atoms with Gasteiger partial charge in [0.05, 0.1) is 33.1 Å². The molecule has 170 valence electrons. The highest BCUT2D eigenvalue weighted by Crippen LogP contribution is 2.34. The lowest BCUT2D eigenvalue weighted by Crippen LogP contribution is -2.32. The molecule has 0 aliphatic rings. The Morgan fingerprint density at radius 3 is 2.42 bits per heavy atom. The molecule has 4 rings (SSSR count). The molecule has 0 aliphatic carbocycles. The van der Waals surface area contributed by atoms with E-state index in [1.807, 2.05) is 32.0 Å². The number of benzene rings is 2. The van der Waals surface area contributed by atoms with Gasteiger partial charge in [-0.2, -0.15) is 0 Å². The van der Waals surface area contributed by atoms with Gasteiger partial charge in [0.1, 0.15) is 5.82 Å². The van der Waals surface area contributed by atoms with E-state index < -0.39 is 15.7 Å². The number of amides is 1. The molecule has 0 bridgehead atoms. The summed E-state index contributed by atoms with van der Waals surface area (Å²) in [5.74, 6) is -1.28. The van der Waals surface area contributed by atoms with E-state index in [9.17, 15) is 17.6 Å². The van der Waals surface area contributed by atoms with E-state index in [2.05, 4.69) is 4.98 Å². The Labute approximate surface area is 195 Å². The summed E-state index contributed by atoms with van der Waals surface area (Å²) in [6, 6.07) is 14.0. The summed E-state index contributed by atoms with van der Waals surface area (Å²) in [6.45, 7) is 4.13. The number of thiazole rings is 1. The Balaban J connectivity index is 1.63. The van der Waals surface area contributed by atoms with Crippen molar-refractivity contribution in [3.63, 3.8) is 0 Å². The van der Waals surface area contributed by atoms with Crippen LogP contribution < -0.4 is 4.90 Å². The first-order chi connectivity index (χ1) is 15.7. The van der Waals surface area contributed by atoms with Gasteiger partial charge in [0.2, 0.25) is 5.91 Å². The monoisotopic (exact) mass is 483 g/mol. The molecule has 9 heteroatoms. The minimum absolute atomic E-state index is 0.0146. The summed E-state index contributed by atoms with van der Waals surface area (Å²) in [5, 5.41) is 0.497. The van der Waals surface area contributed by atoms with Crippen molar-refractivity contribution in [1.82, 2.24) is 9.97 Å². The second kappa shape index (κ2) is 9.36. The van der Waals surface area contributed by atoms with Crippen LogP contribution >= 0.6 is 11.3 Å². The Morgan fingerprint density at radius 1 is 1.03 bits per heavy atom. The zero-order valence-corrected chi connectivity index (χ0v) is 19.8. The molecule has 6 nitrogen and oxygen atoms in total. The lowest BCUT2D eigenvalue weighted by atomic mass is 10.1. The van der Waals surface area contributed by atoms with Gasteiger partial charge in [0, 0.05) is 12.6 Å². The topological polar surface area (TPSA) is 80.2 Å². The average Bonchev–Trinajstić information content (AvgIpc) is 3.26. The van der Waals surface area contributed by atoms with Crippen LogP contribution in [0.1, 0.15) is 23.2 Å². The van der Waals surface area contributed by atoms with E-state index in [1.54, 1.807) is 18.3 Å². The second-order valence-electron chi connectivity index (χ2n) is 7.70. The van der Waals surface area contributed by atoms with Gasteiger partial charge in [0.25, 0.3) is 0 Å². The maximum absolute atomic E-state index is 13.3. The highest BCUT2D eigenvalue weighted by Gasteiger charge is 2.24. The molecule has 33 heavy (non-hydrogen) atoms. The number of fused-ring (bicyclic) bond motifs is 1. The van der Waals surface area contributed by atoms with Crippen molar-refractivity contribution in [2.24, 2.45) is 0 Å². The van der Waals surface area contributed by atoms with Crippen LogP contribution in [0.15, 0.2) is 65.7 Å². The molecule has 2 aromatic carbocycles.